The number of methoxy groups -OCH3 is 2. The first-order chi connectivity index (χ1) is 9.15. The molecule has 100 valence electrons. The lowest BCUT2D eigenvalue weighted by molar-refractivity contribution is 0.219. The third-order valence-electron chi connectivity index (χ3n) is 2.93. The average molecular weight is 323 g/mol. The van der Waals surface area contributed by atoms with Crippen molar-refractivity contribution in [1.29, 1.82) is 0 Å². The quantitative estimate of drug-likeness (QED) is 0.935. The van der Waals surface area contributed by atoms with Crippen molar-refractivity contribution in [3.05, 3.63) is 58.1 Å². The molecule has 1 unspecified atom stereocenters. The van der Waals surface area contributed by atoms with E-state index in [2.05, 4.69) is 15.9 Å². The highest BCUT2D eigenvalue weighted by atomic mass is 79.9. The molecule has 0 heterocycles. The van der Waals surface area contributed by atoms with Crippen molar-refractivity contribution in [3.8, 4) is 11.5 Å². The molecule has 0 aliphatic heterocycles. The normalized spacial score (nSPS) is 12.0. The minimum atomic E-state index is -0.689. The van der Waals surface area contributed by atoms with Gasteiger partial charge in [0.2, 0.25) is 0 Å². The summed E-state index contributed by atoms with van der Waals surface area (Å²) in [6, 6.07) is 12.9. The Hall–Kier alpha value is -1.52. The number of rotatable bonds is 4. The standard InChI is InChI=1S/C15H15BrO3/c1-18-11-5-3-10(4-6-11)15(17)13-8-7-12(19-2)9-14(13)16/h3-9,15,17H,1-2H3. The van der Waals surface area contributed by atoms with E-state index < -0.39 is 6.10 Å². The van der Waals surface area contributed by atoms with Crippen LogP contribution >= 0.6 is 15.9 Å². The maximum absolute atomic E-state index is 10.4. The van der Waals surface area contributed by atoms with E-state index in [1.54, 1.807) is 14.2 Å². The number of halogens is 1. The predicted octanol–water partition coefficient (Wildman–Crippen LogP) is 3.55. The van der Waals surface area contributed by atoms with Crippen LogP contribution in [0.2, 0.25) is 0 Å². The Bertz CT molecular complexity index is 552. The summed E-state index contributed by atoms with van der Waals surface area (Å²) in [5.74, 6) is 1.52. The van der Waals surface area contributed by atoms with Crippen molar-refractivity contribution < 1.29 is 14.6 Å². The first-order valence-corrected chi connectivity index (χ1v) is 6.60. The molecule has 2 aromatic rings. The van der Waals surface area contributed by atoms with E-state index in [-0.39, 0.29) is 0 Å². The number of hydrogen-bond donors (Lipinski definition) is 1. The Morgan fingerprint density at radius 3 is 2.05 bits per heavy atom. The molecule has 0 fully saturated rings. The van der Waals surface area contributed by atoms with Gasteiger partial charge in [-0.25, -0.2) is 0 Å². The smallest absolute Gasteiger partial charge is 0.120 e. The van der Waals surface area contributed by atoms with Crippen LogP contribution in [0, 0.1) is 0 Å². The van der Waals surface area contributed by atoms with Gasteiger partial charge in [-0.05, 0) is 35.4 Å². The Kier molecular flexibility index (Phi) is 4.45. The summed E-state index contributed by atoms with van der Waals surface area (Å²) in [7, 11) is 3.23. The second-order valence-electron chi connectivity index (χ2n) is 4.06. The summed E-state index contributed by atoms with van der Waals surface area (Å²) in [5, 5.41) is 10.4. The maximum atomic E-state index is 10.4. The van der Waals surface area contributed by atoms with Crippen LogP contribution in [-0.2, 0) is 0 Å². The fraction of sp³-hybridized carbons (Fsp3) is 0.200. The molecule has 0 radical (unpaired) electrons. The van der Waals surface area contributed by atoms with Crippen LogP contribution in [0.1, 0.15) is 17.2 Å². The van der Waals surface area contributed by atoms with Gasteiger partial charge in [-0.15, -0.1) is 0 Å². The van der Waals surface area contributed by atoms with E-state index >= 15 is 0 Å². The van der Waals surface area contributed by atoms with Gasteiger partial charge < -0.3 is 14.6 Å². The van der Waals surface area contributed by atoms with Gasteiger partial charge in [0.05, 0.1) is 14.2 Å². The van der Waals surface area contributed by atoms with Crippen LogP contribution in [0.15, 0.2) is 46.9 Å². The van der Waals surface area contributed by atoms with Crippen molar-refractivity contribution >= 4 is 15.9 Å². The first kappa shape index (κ1) is 13.9. The molecule has 0 saturated heterocycles. The molecule has 3 nitrogen and oxygen atoms in total. The van der Waals surface area contributed by atoms with Gasteiger partial charge in [-0.1, -0.05) is 34.1 Å². The van der Waals surface area contributed by atoms with Gasteiger partial charge in [0.15, 0.2) is 0 Å². The molecule has 2 rings (SSSR count). The average Bonchev–Trinajstić information content (AvgIpc) is 2.46. The van der Waals surface area contributed by atoms with Crippen molar-refractivity contribution in [2.45, 2.75) is 6.10 Å². The molecule has 0 aliphatic rings. The minimum Gasteiger partial charge on any atom is -0.497 e. The minimum absolute atomic E-state index is 0.689. The van der Waals surface area contributed by atoms with E-state index in [0.717, 1.165) is 27.1 Å². The molecule has 2 aromatic carbocycles. The highest BCUT2D eigenvalue weighted by molar-refractivity contribution is 9.10. The number of hydrogen-bond acceptors (Lipinski definition) is 3. The second-order valence-corrected chi connectivity index (χ2v) is 4.92. The number of benzene rings is 2. The molecule has 0 saturated carbocycles. The molecule has 1 atom stereocenters. The maximum Gasteiger partial charge on any atom is 0.120 e. The fourth-order valence-corrected chi connectivity index (χ4v) is 2.40. The van der Waals surface area contributed by atoms with Crippen LogP contribution in [0.3, 0.4) is 0 Å². The van der Waals surface area contributed by atoms with Crippen molar-refractivity contribution in [3.63, 3.8) is 0 Å². The highest BCUT2D eigenvalue weighted by Crippen LogP contribution is 2.31. The molecule has 4 heteroatoms. The van der Waals surface area contributed by atoms with Gasteiger partial charge in [0.1, 0.15) is 17.6 Å². The van der Waals surface area contributed by atoms with E-state index in [1.807, 2.05) is 42.5 Å². The first-order valence-electron chi connectivity index (χ1n) is 5.81. The molecule has 0 amide bonds. The van der Waals surface area contributed by atoms with Crippen LogP contribution in [0.4, 0.5) is 0 Å². The van der Waals surface area contributed by atoms with Crippen LogP contribution < -0.4 is 9.47 Å². The Balaban J connectivity index is 2.29. The lowest BCUT2D eigenvalue weighted by atomic mass is 10.0. The highest BCUT2D eigenvalue weighted by Gasteiger charge is 2.14. The van der Waals surface area contributed by atoms with Gasteiger partial charge in [-0.2, -0.15) is 0 Å². The Labute approximate surface area is 120 Å². The zero-order valence-electron chi connectivity index (χ0n) is 10.8. The number of ether oxygens (including phenoxy) is 2. The molecule has 1 N–H and O–H groups in total. The SMILES string of the molecule is COc1ccc(C(O)c2ccc(OC)cc2Br)cc1. The summed E-state index contributed by atoms with van der Waals surface area (Å²) >= 11 is 3.45. The fourth-order valence-electron chi connectivity index (χ4n) is 1.82. The van der Waals surface area contributed by atoms with Crippen molar-refractivity contribution in [1.82, 2.24) is 0 Å². The molecular formula is C15H15BrO3. The zero-order valence-corrected chi connectivity index (χ0v) is 12.3. The third kappa shape index (κ3) is 3.08. The molecule has 0 aromatic heterocycles. The van der Waals surface area contributed by atoms with Crippen LogP contribution in [-0.4, -0.2) is 19.3 Å². The molecule has 19 heavy (non-hydrogen) atoms. The lowest BCUT2D eigenvalue weighted by Crippen LogP contribution is -2.01. The largest absolute Gasteiger partial charge is 0.497 e. The second kappa shape index (κ2) is 6.08. The van der Waals surface area contributed by atoms with E-state index in [9.17, 15) is 5.11 Å². The number of aliphatic hydroxyl groups excluding tert-OH is 1. The Morgan fingerprint density at radius 1 is 0.947 bits per heavy atom. The van der Waals surface area contributed by atoms with E-state index in [0.29, 0.717) is 0 Å². The summed E-state index contributed by atoms with van der Waals surface area (Å²) in [6.45, 7) is 0. The van der Waals surface area contributed by atoms with Gasteiger partial charge in [0, 0.05) is 4.47 Å². The zero-order chi connectivity index (χ0) is 13.8. The van der Waals surface area contributed by atoms with Gasteiger partial charge >= 0.3 is 0 Å². The summed E-state index contributed by atoms with van der Waals surface area (Å²) in [5.41, 5.74) is 1.61. The van der Waals surface area contributed by atoms with Crippen molar-refractivity contribution in [2.75, 3.05) is 14.2 Å². The summed E-state index contributed by atoms with van der Waals surface area (Å²) in [4.78, 5) is 0. The summed E-state index contributed by atoms with van der Waals surface area (Å²) in [6.07, 6.45) is -0.689. The third-order valence-corrected chi connectivity index (χ3v) is 3.62. The van der Waals surface area contributed by atoms with E-state index in [1.165, 1.54) is 0 Å². The lowest BCUT2D eigenvalue weighted by Gasteiger charge is -2.14. The molecular weight excluding hydrogens is 308 g/mol. The topological polar surface area (TPSA) is 38.7 Å². The monoisotopic (exact) mass is 322 g/mol. The Morgan fingerprint density at radius 2 is 1.53 bits per heavy atom. The predicted molar refractivity (Wildman–Crippen MR) is 77.7 cm³/mol. The van der Waals surface area contributed by atoms with Gasteiger partial charge in [-0.3, -0.25) is 0 Å². The molecule has 0 aliphatic carbocycles. The summed E-state index contributed by atoms with van der Waals surface area (Å²) < 4.78 is 11.1. The van der Waals surface area contributed by atoms with E-state index in [4.69, 9.17) is 9.47 Å². The van der Waals surface area contributed by atoms with Gasteiger partial charge in [0.25, 0.3) is 0 Å². The van der Waals surface area contributed by atoms with Crippen molar-refractivity contribution in [2.24, 2.45) is 0 Å². The molecule has 0 bridgehead atoms. The van der Waals surface area contributed by atoms with Crippen LogP contribution in [0.5, 0.6) is 11.5 Å². The van der Waals surface area contributed by atoms with Crippen LogP contribution in [0.25, 0.3) is 0 Å². The molecule has 0 spiro atoms. The number of aliphatic hydroxyl groups is 1.